The van der Waals surface area contributed by atoms with Gasteiger partial charge in [0.25, 0.3) is 5.89 Å². The molecule has 5 heteroatoms. The first-order valence-corrected chi connectivity index (χ1v) is 7.09. The van der Waals surface area contributed by atoms with Gasteiger partial charge in [-0.1, -0.05) is 65.8 Å². The summed E-state index contributed by atoms with van der Waals surface area (Å²) in [5.74, 6) is 0.259. The van der Waals surface area contributed by atoms with Crippen molar-refractivity contribution in [1.29, 1.82) is 0 Å². The highest BCUT2D eigenvalue weighted by molar-refractivity contribution is 5.86. The standard InChI is InChI=1S/C18H14N2O3/c21-17(12-11-14-7-3-1-4-8-14)22-13-16-19-18(20-23-16)15-9-5-2-6-10-15/h1-12H,13H2/b12-11+. The van der Waals surface area contributed by atoms with Crippen molar-refractivity contribution in [3.05, 3.63) is 78.2 Å². The van der Waals surface area contributed by atoms with Gasteiger partial charge in [0, 0.05) is 11.6 Å². The van der Waals surface area contributed by atoms with E-state index in [0.717, 1.165) is 11.1 Å². The van der Waals surface area contributed by atoms with E-state index in [9.17, 15) is 4.79 Å². The van der Waals surface area contributed by atoms with E-state index in [-0.39, 0.29) is 12.5 Å². The molecule has 3 aromatic rings. The van der Waals surface area contributed by atoms with Crippen LogP contribution < -0.4 is 0 Å². The van der Waals surface area contributed by atoms with Gasteiger partial charge < -0.3 is 9.26 Å². The molecule has 0 saturated heterocycles. The lowest BCUT2D eigenvalue weighted by Crippen LogP contribution is -2.00. The highest BCUT2D eigenvalue weighted by Gasteiger charge is 2.09. The third-order valence-corrected chi connectivity index (χ3v) is 3.05. The van der Waals surface area contributed by atoms with E-state index in [1.165, 1.54) is 6.08 Å². The summed E-state index contributed by atoms with van der Waals surface area (Å²) in [6, 6.07) is 18.9. The number of carbonyl (C=O) groups excluding carboxylic acids is 1. The monoisotopic (exact) mass is 306 g/mol. The highest BCUT2D eigenvalue weighted by Crippen LogP contribution is 2.15. The molecule has 0 radical (unpaired) electrons. The van der Waals surface area contributed by atoms with Crippen molar-refractivity contribution in [1.82, 2.24) is 10.1 Å². The van der Waals surface area contributed by atoms with Gasteiger partial charge in [-0.15, -0.1) is 0 Å². The maximum absolute atomic E-state index is 11.7. The quantitative estimate of drug-likeness (QED) is 0.533. The van der Waals surface area contributed by atoms with Crippen LogP contribution in [0.3, 0.4) is 0 Å². The van der Waals surface area contributed by atoms with E-state index >= 15 is 0 Å². The number of benzene rings is 2. The Morgan fingerprint density at radius 3 is 2.48 bits per heavy atom. The van der Waals surface area contributed by atoms with Crippen molar-refractivity contribution >= 4 is 12.0 Å². The second-order valence-electron chi connectivity index (χ2n) is 4.73. The van der Waals surface area contributed by atoms with E-state index < -0.39 is 5.97 Å². The predicted molar refractivity (Wildman–Crippen MR) is 85.0 cm³/mol. The zero-order valence-electron chi connectivity index (χ0n) is 12.3. The number of rotatable bonds is 5. The number of hydrogen-bond acceptors (Lipinski definition) is 5. The zero-order valence-corrected chi connectivity index (χ0v) is 12.3. The Labute approximate surface area is 133 Å². The zero-order chi connectivity index (χ0) is 15.9. The molecule has 1 heterocycles. The van der Waals surface area contributed by atoms with Crippen molar-refractivity contribution in [3.8, 4) is 11.4 Å². The van der Waals surface area contributed by atoms with Crippen LogP contribution in [0.25, 0.3) is 17.5 Å². The summed E-state index contributed by atoms with van der Waals surface area (Å²) in [6.07, 6.45) is 3.05. The molecule has 114 valence electrons. The maximum atomic E-state index is 11.7. The van der Waals surface area contributed by atoms with Crippen molar-refractivity contribution < 1.29 is 14.1 Å². The molecule has 0 amide bonds. The first kappa shape index (κ1) is 14.7. The average Bonchev–Trinajstić information content (AvgIpc) is 3.09. The molecule has 1 aromatic heterocycles. The van der Waals surface area contributed by atoms with Crippen LogP contribution in [0.2, 0.25) is 0 Å². The lowest BCUT2D eigenvalue weighted by molar-refractivity contribution is -0.139. The second kappa shape index (κ2) is 7.17. The first-order chi connectivity index (χ1) is 11.3. The van der Waals surface area contributed by atoms with Crippen molar-refractivity contribution in [2.45, 2.75) is 6.61 Å². The second-order valence-corrected chi connectivity index (χ2v) is 4.73. The van der Waals surface area contributed by atoms with E-state index in [0.29, 0.717) is 5.82 Å². The van der Waals surface area contributed by atoms with Crippen LogP contribution in [0.5, 0.6) is 0 Å². The molecule has 0 unspecified atom stereocenters. The van der Waals surface area contributed by atoms with E-state index in [1.807, 2.05) is 60.7 Å². The van der Waals surface area contributed by atoms with Crippen LogP contribution in [-0.2, 0) is 16.1 Å². The number of ether oxygens (including phenoxy) is 1. The molecule has 2 aromatic carbocycles. The van der Waals surface area contributed by atoms with Crippen LogP contribution in [0, 0.1) is 0 Å². The third-order valence-electron chi connectivity index (χ3n) is 3.05. The molecule has 5 nitrogen and oxygen atoms in total. The number of aromatic nitrogens is 2. The smallest absolute Gasteiger partial charge is 0.331 e. The summed E-state index contributed by atoms with van der Waals surface area (Å²) >= 11 is 0. The van der Waals surface area contributed by atoms with Crippen molar-refractivity contribution in [2.75, 3.05) is 0 Å². The molecule has 0 N–H and O–H groups in total. The van der Waals surface area contributed by atoms with Gasteiger partial charge in [0.1, 0.15) is 0 Å². The maximum Gasteiger partial charge on any atom is 0.331 e. The predicted octanol–water partition coefficient (Wildman–Crippen LogP) is 3.49. The minimum atomic E-state index is -0.465. The van der Waals surface area contributed by atoms with Crippen LogP contribution in [-0.4, -0.2) is 16.1 Å². The van der Waals surface area contributed by atoms with Gasteiger partial charge in [-0.05, 0) is 11.6 Å². The Morgan fingerprint density at radius 1 is 1.04 bits per heavy atom. The Kier molecular flexibility index (Phi) is 4.59. The molecular weight excluding hydrogens is 292 g/mol. The minimum absolute atomic E-state index is 0.0577. The van der Waals surface area contributed by atoms with Gasteiger partial charge in [-0.3, -0.25) is 0 Å². The van der Waals surface area contributed by atoms with Gasteiger partial charge in [0.2, 0.25) is 5.82 Å². The number of hydrogen-bond donors (Lipinski definition) is 0. The molecule has 0 saturated carbocycles. The van der Waals surface area contributed by atoms with Crippen LogP contribution >= 0.6 is 0 Å². The van der Waals surface area contributed by atoms with Gasteiger partial charge in [0.05, 0.1) is 0 Å². The number of nitrogens with zero attached hydrogens (tertiary/aromatic N) is 2. The van der Waals surface area contributed by atoms with Gasteiger partial charge in [-0.2, -0.15) is 4.98 Å². The van der Waals surface area contributed by atoms with E-state index in [4.69, 9.17) is 9.26 Å². The summed E-state index contributed by atoms with van der Waals surface area (Å²) < 4.78 is 10.1. The Morgan fingerprint density at radius 2 is 1.74 bits per heavy atom. The normalized spacial score (nSPS) is 10.8. The molecule has 3 rings (SSSR count). The van der Waals surface area contributed by atoms with Crippen LogP contribution in [0.15, 0.2) is 71.3 Å². The summed E-state index contributed by atoms with van der Waals surface area (Å²) in [7, 11) is 0. The van der Waals surface area contributed by atoms with Gasteiger partial charge >= 0.3 is 5.97 Å². The Hall–Kier alpha value is -3.21. The van der Waals surface area contributed by atoms with Gasteiger partial charge in [-0.25, -0.2) is 4.79 Å². The molecule has 0 bridgehead atoms. The molecular formula is C18H14N2O3. The lowest BCUT2D eigenvalue weighted by Gasteiger charge is -1.96. The summed E-state index contributed by atoms with van der Waals surface area (Å²) in [4.78, 5) is 15.9. The number of esters is 1. The Balaban J connectivity index is 1.55. The molecule has 0 aliphatic carbocycles. The molecule has 0 spiro atoms. The lowest BCUT2D eigenvalue weighted by atomic mass is 10.2. The highest BCUT2D eigenvalue weighted by atomic mass is 16.6. The molecule has 23 heavy (non-hydrogen) atoms. The van der Waals surface area contributed by atoms with Gasteiger partial charge in [0.15, 0.2) is 6.61 Å². The fraction of sp³-hybridized carbons (Fsp3) is 0.0556. The third kappa shape index (κ3) is 4.14. The molecule has 0 aliphatic heterocycles. The molecule has 0 aliphatic rings. The Bertz CT molecular complexity index is 795. The first-order valence-electron chi connectivity index (χ1n) is 7.09. The molecule has 0 fully saturated rings. The fourth-order valence-corrected chi connectivity index (χ4v) is 1.93. The van der Waals surface area contributed by atoms with E-state index in [1.54, 1.807) is 6.08 Å². The van der Waals surface area contributed by atoms with Crippen molar-refractivity contribution in [3.63, 3.8) is 0 Å². The van der Waals surface area contributed by atoms with E-state index in [2.05, 4.69) is 10.1 Å². The largest absolute Gasteiger partial charge is 0.452 e. The van der Waals surface area contributed by atoms with Crippen molar-refractivity contribution in [2.24, 2.45) is 0 Å². The summed E-state index contributed by atoms with van der Waals surface area (Å²) in [5, 5.41) is 3.86. The number of carbonyl (C=O) groups is 1. The minimum Gasteiger partial charge on any atom is -0.452 e. The summed E-state index contributed by atoms with van der Waals surface area (Å²) in [6.45, 7) is -0.0577. The average molecular weight is 306 g/mol. The van der Waals surface area contributed by atoms with Crippen LogP contribution in [0.1, 0.15) is 11.5 Å². The molecule has 0 atom stereocenters. The van der Waals surface area contributed by atoms with Crippen LogP contribution in [0.4, 0.5) is 0 Å². The SMILES string of the molecule is O=C(/C=C/c1ccccc1)OCc1nc(-c2ccccc2)no1. The summed E-state index contributed by atoms with van der Waals surface area (Å²) in [5.41, 5.74) is 1.77. The topological polar surface area (TPSA) is 65.2 Å². The fourth-order valence-electron chi connectivity index (χ4n) is 1.93.